The summed E-state index contributed by atoms with van der Waals surface area (Å²) >= 11 is 5.09. The summed E-state index contributed by atoms with van der Waals surface area (Å²) in [5.74, 6) is 0. The zero-order valence-corrected chi connectivity index (χ0v) is 9.22. The van der Waals surface area contributed by atoms with Gasteiger partial charge in [0.05, 0.1) is 6.04 Å². The molecule has 0 bridgehead atoms. The Hall–Kier alpha value is -0.880. The van der Waals surface area contributed by atoms with Crippen molar-refractivity contribution in [2.24, 2.45) is 0 Å². The van der Waals surface area contributed by atoms with Crippen LogP contribution < -0.4 is 5.69 Å². The maximum Gasteiger partial charge on any atom is 0.342 e. The van der Waals surface area contributed by atoms with Gasteiger partial charge in [0.1, 0.15) is 0 Å². The highest BCUT2D eigenvalue weighted by molar-refractivity contribution is 7.71. The first-order valence-corrected chi connectivity index (χ1v) is 5.80. The minimum Gasteiger partial charge on any atom is -0.298 e. The number of likely N-dealkylation sites (tertiary alicyclic amines) is 1. The lowest BCUT2D eigenvalue weighted by Crippen LogP contribution is -2.27. The van der Waals surface area contributed by atoms with Crippen LogP contribution in [0.3, 0.4) is 0 Å². The molecule has 1 saturated carbocycles. The number of aromatic amines is 2. The van der Waals surface area contributed by atoms with E-state index in [0.29, 0.717) is 4.77 Å². The molecule has 0 amide bonds. The summed E-state index contributed by atoms with van der Waals surface area (Å²) in [6.07, 6.45) is 3.68. The highest BCUT2D eigenvalue weighted by Gasteiger charge is 2.35. The van der Waals surface area contributed by atoms with Gasteiger partial charge in [0.25, 0.3) is 0 Å². The summed E-state index contributed by atoms with van der Waals surface area (Å²) in [6.45, 7) is 2.07. The van der Waals surface area contributed by atoms with E-state index in [1.807, 2.05) is 0 Å². The van der Waals surface area contributed by atoms with Crippen LogP contribution in [0.5, 0.6) is 0 Å². The molecule has 6 heteroatoms. The van der Waals surface area contributed by atoms with Crippen LogP contribution in [0.15, 0.2) is 4.79 Å². The number of rotatable bonds is 2. The molecule has 2 aliphatic rings. The fourth-order valence-electron chi connectivity index (χ4n) is 2.40. The Morgan fingerprint density at radius 3 is 2.60 bits per heavy atom. The van der Waals surface area contributed by atoms with Gasteiger partial charge in [-0.25, -0.2) is 9.89 Å². The molecule has 1 unspecified atom stereocenters. The predicted molar refractivity (Wildman–Crippen MR) is 58.5 cm³/mol. The Morgan fingerprint density at radius 1 is 1.20 bits per heavy atom. The van der Waals surface area contributed by atoms with Crippen LogP contribution >= 0.6 is 12.2 Å². The van der Waals surface area contributed by atoms with E-state index in [1.165, 1.54) is 12.8 Å². The van der Waals surface area contributed by atoms with Crippen LogP contribution in [-0.4, -0.2) is 38.8 Å². The van der Waals surface area contributed by atoms with E-state index in [4.69, 9.17) is 12.2 Å². The average Bonchev–Trinajstić information content (AvgIpc) is 2.87. The van der Waals surface area contributed by atoms with Gasteiger partial charge in [-0.2, -0.15) is 0 Å². The fourth-order valence-corrected chi connectivity index (χ4v) is 2.68. The lowest BCUT2D eigenvalue weighted by molar-refractivity contribution is 0.312. The number of H-pyrrole nitrogens is 2. The van der Waals surface area contributed by atoms with Gasteiger partial charge in [-0.05, 0) is 31.5 Å². The summed E-state index contributed by atoms with van der Waals surface area (Å²) in [5.41, 5.74) is -0.109. The second kappa shape index (κ2) is 3.31. The molecule has 0 spiro atoms. The topological polar surface area (TPSA) is 56.8 Å². The van der Waals surface area contributed by atoms with Crippen molar-refractivity contribution < 1.29 is 0 Å². The van der Waals surface area contributed by atoms with Gasteiger partial charge >= 0.3 is 5.69 Å². The van der Waals surface area contributed by atoms with Crippen LogP contribution in [0.1, 0.15) is 25.3 Å². The van der Waals surface area contributed by atoms with Gasteiger partial charge < -0.3 is 0 Å². The second-order valence-electron chi connectivity index (χ2n) is 4.40. The first-order chi connectivity index (χ1) is 7.25. The Bertz CT molecular complexity index is 441. The Kier molecular flexibility index (Phi) is 2.07. The Morgan fingerprint density at radius 2 is 2.00 bits per heavy atom. The molecule has 1 aliphatic heterocycles. The maximum atomic E-state index is 11.5. The molecule has 82 valence electrons. The standard InChI is InChI=1S/C9H14N4OS/c14-8-10-11-9(15)13(8)7-3-4-12(5-7)6-1-2-6/h6-7H,1-5H2,(H,10,14)(H,11,15). The summed E-state index contributed by atoms with van der Waals surface area (Å²) in [4.78, 5) is 14.0. The van der Waals surface area contributed by atoms with Gasteiger partial charge in [-0.3, -0.25) is 14.6 Å². The van der Waals surface area contributed by atoms with E-state index >= 15 is 0 Å². The van der Waals surface area contributed by atoms with Crippen molar-refractivity contribution in [1.29, 1.82) is 0 Å². The molecule has 3 rings (SSSR count). The Balaban J connectivity index is 1.84. The minimum absolute atomic E-state index is 0.109. The molecule has 1 saturated heterocycles. The first kappa shape index (κ1) is 9.35. The third kappa shape index (κ3) is 1.57. The van der Waals surface area contributed by atoms with Crippen LogP contribution in [-0.2, 0) is 0 Å². The third-order valence-corrected chi connectivity index (χ3v) is 3.64. The average molecular weight is 226 g/mol. The quantitative estimate of drug-likeness (QED) is 0.728. The van der Waals surface area contributed by atoms with E-state index in [9.17, 15) is 4.79 Å². The van der Waals surface area contributed by atoms with E-state index < -0.39 is 0 Å². The molecule has 1 aromatic rings. The van der Waals surface area contributed by atoms with E-state index in [2.05, 4.69) is 15.1 Å². The van der Waals surface area contributed by atoms with Crippen molar-refractivity contribution in [3.63, 3.8) is 0 Å². The van der Waals surface area contributed by atoms with E-state index in [-0.39, 0.29) is 11.7 Å². The summed E-state index contributed by atoms with van der Waals surface area (Å²) in [6, 6.07) is 1.04. The van der Waals surface area contributed by atoms with Crippen LogP contribution in [0, 0.1) is 4.77 Å². The molecular formula is C9H14N4OS. The number of nitrogens with zero attached hydrogens (tertiary/aromatic N) is 2. The van der Waals surface area contributed by atoms with Gasteiger partial charge in [0.2, 0.25) is 0 Å². The molecule has 5 nitrogen and oxygen atoms in total. The van der Waals surface area contributed by atoms with E-state index in [1.54, 1.807) is 4.57 Å². The van der Waals surface area contributed by atoms with Crippen LogP contribution in [0.25, 0.3) is 0 Å². The zero-order valence-electron chi connectivity index (χ0n) is 8.40. The largest absolute Gasteiger partial charge is 0.342 e. The number of hydrogen-bond donors (Lipinski definition) is 2. The van der Waals surface area contributed by atoms with Crippen molar-refractivity contribution >= 4 is 12.2 Å². The van der Waals surface area contributed by atoms with Gasteiger partial charge in [-0.15, -0.1) is 0 Å². The lowest BCUT2D eigenvalue weighted by Gasteiger charge is -2.14. The Labute approximate surface area is 92.1 Å². The number of nitrogens with one attached hydrogen (secondary N) is 2. The van der Waals surface area contributed by atoms with Crippen LogP contribution in [0.4, 0.5) is 0 Å². The molecule has 15 heavy (non-hydrogen) atoms. The molecule has 1 aromatic heterocycles. The summed E-state index contributed by atoms with van der Waals surface area (Å²) < 4.78 is 2.19. The van der Waals surface area contributed by atoms with E-state index in [0.717, 1.165) is 25.6 Å². The van der Waals surface area contributed by atoms with Crippen molar-refractivity contribution in [3.8, 4) is 0 Å². The molecule has 2 heterocycles. The third-order valence-electron chi connectivity index (χ3n) is 3.34. The van der Waals surface area contributed by atoms with Gasteiger partial charge in [0, 0.05) is 19.1 Å². The summed E-state index contributed by atoms with van der Waals surface area (Å²) in [7, 11) is 0. The fraction of sp³-hybridized carbons (Fsp3) is 0.778. The maximum absolute atomic E-state index is 11.5. The van der Waals surface area contributed by atoms with Gasteiger partial charge in [0.15, 0.2) is 4.77 Å². The summed E-state index contributed by atoms with van der Waals surface area (Å²) in [5, 5.41) is 5.23. The number of aromatic nitrogens is 3. The highest BCUT2D eigenvalue weighted by Crippen LogP contribution is 2.32. The minimum atomic E-state index is -0.109. The van der Waals surface area contributed by atoms with Crippen molar-refractivity contribution in [2.75, 3.05) is 13.1 Å². The second-order valence-corrected chi connectivity index (χ2v) is 4.79. The molecule has 2 N–H and O–H groups in total. The SMILES string of the molecule is O=c1[nH][nH]c(=S)n1C1CCN(C2CC2)C1. The highest BCUT2D eigenvalue weighted by atomic mass is 32.1. The van der Waals surface area contributed by atoms with Crippen molar-refractivity contribution in [2.45, 2.75) is 31.3 Å². The molecule has 1 aliphatic carbocycles. The molecular weight excluding hydrogens is 212 g/mol. The zero-order chi connectivity index (χ0) is 10.4. The monoisotopic (exact) mass is 226 g/mol. The normalized spacial score (nSPS) is 27.3. The first-order valence-electron chi connectivity index (χ1n) is 5.39. The van der Waals surface area contributed by atoms with Crippen LogP contribution in [0.2, 0.25) is 0 Å². The predicted octanol–water partition coefficient (Wildman–Crippen LogP) is 0.643. The molecule has 0 radical (unpaired) electrons. The molecule has 0 aromatic carbocycles. The van der Waals surface area contributed by atoms with Crippen molar-refractivity contribution in [1.82, 2.24) is 19.7 Å². The lowest BCUT2D eigenvalue weighted by atomic mass is 10.3. The smallest absolute Gasteiger partial charge is 0.298 e. The molecule has 1 atom stereocenters. The number of hydrogen-bond acceptors (Lipinski definition) is 3. The van der Waals surface area contributed by atoms with Crippen molar-refractivity contribution in [3.05, 3.63) is 15.3 Å². The molecule has 2 fully saturated rings. The van der Waals surface area contributed by atoms with Gasteiger partial charge in [-0.1, -0.05) is 0 Å².